The first-order valence-corrected chi connectivity index (χ1v) is 10.5. The van der Waals surface area contributed by atoms with Gasteiger partial charge >= 0.3 is 0 Å². The molecule has 22 heavy (non-hydrogen) atoms. The van der Waals surface area contributed by atoms with E-state index < -0.39 is 0 Å². The van der Waals surface area contributed by atoms with Gasteiger partial charge in [-0.3, -0.25) is 0 Å². The molecule has 2 rings (SSSR count). The summed E-state index contributed by atoms with van der Waals surface area (Å²) in [5, 5.41) is 0. The van der Waals surface area contributed by atoms with Gasteiger partial charge in [0.05, 0.1) is 0 Å². The largest absolute Gasteiger partial charge is 0.0683 e. The van der Waals surface area contributed by atoms with Gasteiger partial charge in [0.15, 0.2) is 0 Å². The number of fused-ring (bicyclic) bond motifs is 1. The summed E-state index contributed by atoms with van der Waals surface area (Å²) in [6.07, 6.45) is 14.7. The Morgan fingerprint density at radius 2 is 1.77 bits per heavy atom. The lowest BCUT2D eigenvalue weighted by Gasteiger charge is -2.50. The Balaban J connectivity index is 0.00000116. The second-order valence-corrected chi connectivity index (χ2v) is 8.47. The van der Waals surface area contributed by atoms with E-state index in [0.717, 1.165) is 23.2 Å². The minimum atomic E-state index is 0.606. The lowest BCUT2D eigenvalue weighted by molar-refractivity contribution is -0.00288. The molecule has 0 saturated heterocycles. The van der Waals surface area contributed by atoms with E-state index in [0.29, 0.717) is 5.41 Å². The van der Waals surface area contributed by atoms with Crippen LogP contribution >= 0.6 is 0 Å². The molecule has 0 N–H and O–H groups in total. The first-order valence-electron chi connectivity index (χ1n) is 10.5. The molecule has 0 heteroatoms. The van der Waals surface area contributed by atoms with Crippen molar-refractivity contribution in [2.45, 2.75) is 113 Å². The van der Waals surface area contributed by atoms with Crippen molar-refractivity contribution >= 4 is 0 Å². The van der Waals surface area contributed by atoms with E-state index in [-0.39, 0.29) is 0 Å². The van der Waals surface area contributed by atoms with Crippen molar-refractivity contribution in [2.24, 2.45) is 28.6 Å². The molecule has 0 aromatic heterocycles. The van der Waals surface area contributed by atoms with Gasteiger partial charge in [-0.1, -0.05) is 80.6 Å². The summed E-state index contributed by atoms with van der Waals surface area (Å²) in [5.41, 5.74) is 1.33. The average molecular weight is 309 g/mol. The highest BCUT2D eigenvalue weighted by Crippen LogP contribution is 2.58. The van der Waals surface area contributed by atoms with E-state index >= 15 is 0 Å². The Morgan fingerprint density at radius 1 is 1.09 bits per heavy atom. The van der Waals surface area contributed by atoms with E-state index in [2.05, 4.69) is 34.6 Å². The fourth-order valence-electron chi connectivity index (χ4n) is 5.86. The zero-order chi connectivity index (χ0) is 16.8. The van der Waals surface area contributed by atoms with Crippen molar-refractivity contribution in [3.05, 3.63) is 0 Å². The van der Waals surface area contributed by atoms with Crippen LogP contribution in [0, 0.1) is 28.6 Å². The molecule has 0 heterocycles. The van der Waals surface area contributed by atoms with Gasteiger partial charge in [0.1, 0.15) is 0 Å². The summed E-state index contributed by atoms with van der Waals surface area (Å²) in [4.78, 5) is 0. The molecule has 0 bridgehead atoms. The summed E-state index contributed by atoms with van der Waals surface area (Å²) >= 11 is 0. The molecular weight excluding hydrogens is 264 g/mol. The van der Waals surface area contributed by atoms with Gasteiger partial charge in [-0.2, -0.15) is 0 Å². The summed E-state index contributed by atoms with van der Waals surface area (Å²) in [6.45, 7) is 16.5. The monoisotopic (exact) mass is 308 g/mol. The Bertz CT molecular complexity index is 307. The molecule has 2 saturated carbocycles. The average Bonchev–Trinajstić information content (AvgIpc) is 2.94. The highest BCUT2D eigenvalue weighted by molar-refractivity contribution is 4.98. The maximum Gasteiger partial charge on any atom is -0.0272 e. The van der Waals surface area contributed by atoms with Crippen molar-refractivity contribution in [1.82, 2.24) is 0 Å². The predicted molar refractivity (Wildman–Crippen MR) is 101 cm³/mol. The van der Waals surface area contributed by atoms with Crippen LogP contribution in [0.1, 0.15) is 113 Å². The summed E-state index contributed by atoms with van der Waals surface area (Å²) < 4.78 is 0. The van der Waals surface area contributed by atoms with Crippen molar-refractivity contribution in [2.75, 3.05) is 0 Å². The van der Waals surface area contributed by atoms with Crippen molar-refractivity contribution in [3.8, 4) is 0 Å². The van der Waals surface area contributed by atoms with Gasteiger partial charge in [0.25, 0.3) is 0 Å². The third-order valence-corrected chi connectivity index (χ3v) is 7.68. The van der Waals surface area contributed by atoms with Crippen molar-refractivity contribution < 1.29 is 0 Å². The lowest BCUT2D eigenvalue weighted by atomic mass is 9.55. The molecule has 2 aliphatic carbocycles. The molecule has 0 amide bonds. The SMILES string of the molecule is CC.CCCC(CC)C(C)(CC)C1CCC2(C)CCCC2C1. The van der Waals surface area contributed by atoms with Gasteiger partial charge < -0.3 is 0 Å². The standard InChI is InChI=1S/C20H38.C2H6/c1-6-10-16(7-2)20(5,8-3)18-12-14-19(4)13-9-11-17(19)15-18;1-2/h16-18H,6-15H2,1-5H3;1-2H3. The molecule has 0 aromatic rings. The molecule has 5 atom stereocenters. The summed E-state index contributed by atoms with van der Waals surface area (Å²) in [6, 6.07) is 0. The molecule has 132 valence electrons. The molecule has 2 fully saturated rings. The minimum Gasteiger partial charge on any atom is -0.0683 e. The second-order valence-electron chi connectivity index (χ2n) is 8.47. The fraction of sp³-hybridized carbons (Fsp3) is 1.00. The van der Waals surface area contributed by atoms with Crippen LogP contribution < -0.4 is 0 Å². The van der Waals surface area contributed by atoms with Crippen LogP contribution in [-0.2, 0) is 0 Å². The molecule has 0 aromatic carbocycles. The van der Waals surface area contributed by atoms with E-state index in [1.807, 2.05) is 13.8 Å². The van der Waals surface area contributed by atoms with Gasteiger partial charge in [0.2, 0.25) is 0 Å². The first kappa shape index (κ1) is 20.0. The number of hydrogen-bond donors (Lipinski definition) is 0. The van der Waals surface area contributed by atoms with Crippen LogP contribution in [0.2, 0.25) is 0 Å². The molecule has 2 aliphatic rings. The fourth-order valence-corrected chi connectivity index (χ4v) is 5.86. The molecule has 0 nitrogen and oxygen atoms in total. The molecule has 0 radical (unpaired) electrons. The first-order chi connectivity index (χ1) is 10.5. The van der Waals surface area contributed by atoms with Gasteiger partial charge in [-0.05, 0) is 60.7 Å². The van der Waals surface area contributed by atoms with Crippen LogP contribution in [-0.4, -0.2) is 0 Å². The maximum absolute atomic E-state index is 2.64. The molecule has 0 aliphatic heterocycles. The smallest absolute Gasteiger partial charge is 0.0272 e. The van der Waals surface area contributed by atoms with Crippen molar-refractivity contribution in [3.63, 3.8) is 0 Å². The molecule has 5 unspecified atom stereocenters. The van der Waals surface area contributed by atoms with E-state index in [1.165, 1.54) is 57.8 Å². The maximum atomic E-state index is 2.64. The topological polar surface area (TPSA) is 0 Å². The summed E-state index contributed by atoms with van der Waals surface area (Å²) in [5.74, 6) is 3.00. The number of rotatable bonds is 6. The molecular formula is C22H44. The van der Waals surface area contributed by atoms with Crippen LogP contribution in [0.15, 0.2) is 0 Å². The normalized spacial score (nSPS) is 35.0. The second kappa shape index (κ2) is 8.74. The van der Waals surface area contributed by atoms with E-state index in [4.69, 9.17) is 0 Å². The third-order valence-electron chi connectivity index (χ3n) is 7.68. The Hall–Kier alpha value is 0. The molecule has 0 spiro atoms. The van der Waals surface area contributed by atoms with Gasteiger partial charge in [-0.15, -0.1) is 0 Å². The third kappa shape index (κ3) is 3.90. The zero-order valence-electron chi connectivity index (χ0n) is 16.8. The van der Waals surface area contributed by atoms with E-state index in [9.17, 15) is 0 Å². The van der Waals surface area contributed by atoms with Crippen LogP contribution in [0.3, 0.4) is 0 Å². The minimum absolute atomic E-state index is 0.606. The lowest BCUT2D eigenvalue weighted by Crippen LogP contribution is -2.41. The van der Waals surface area contributed by atoms with Crippen LogP contribution in [0.5, 0.6) is 0 Å². The van der Waals surface area contributed by atoms with Gasteiger partial charge in [-0.25, -0.2) is 0 Å². The van der Waals surface area contributed by atoms with Crippen LogP contribution in [0.4, 0.5) is 0 Å². The summed E-state index contributed by atoms with van der Waals surface area (Å²) in [7, 11) is 0. The number of hydrogen-bond acceptors (Lipinski definition) is 0. The Labute approximate surface area is 141 Å². The Kier molecular flexibility index (Phi) is 7.96. The van der Waals surface area contributed by atoms with Crippen LogP contribution in [0.25, 0.3) is 0 Å². The zero-order valence-corrected chi connectivity index (χ0v) is 16.8. The quantitative estimate of drug-likeness (QED) is 0.468. The van der Waals surface area contributed by atoms with E-state index in [1.54, 1.807) is 6.42 Å². The highest BCUT2D eigenvalue weighted by Gasteiger charge is 2.48. The van der Waals surface area contributed by atoms with Crippen molar-refractivity contribution in [1.29, 1.82) is 0 Å². The predicted octanol–water partition coefficient (Wildman–Crippen LogP) is 7.86. The highest BCUT2D eigenvalue weighted by atomic mass is 14.5. The van der Waals surface area contributed by atoms with Gasteiger partial charge in [0, 0.05) is 0 Å². The Morgan fingerprint density at radius 3 is 2.32 bits per heavy atom.